The van der Waals surface area contributed by atoms with Gasteiger partial charge in [-0.15, -0.1) is 11.3 Å². The molecule has 1 aromatic heterocycles. The summed E-state index contributed by atoms with van der Waals surface area (Å²) in [7, 11) is 0. The molecule has 0 N–H and O–H groups in total. The molecule has 4 rings (SSSR count). The zero-order chi connectivity index (χ0) is 17.4. The van der Waals surface area contributed by atoms with Crippen LogP contribution >= 0.6 is 34.5 Å². The Morgan fingerprint density at radius 3 is 2.72 bits per heavy atom. The van der Waals surface area contributed by atoms with E-state index in [0.29, 0.717) is 28.7 Å². The van der Waals surface area contributed by atoms with Crippen LogP contribution in [-0.4, -0.2) is 46.9 Å². The maximum atomic E-state index is 12.7. The number of piperazine rings is 1. The molecule has 1 amide bonds. The normalized spacial score (nSPS) is 17.8. The average Bonchev–Trinajstić information content (AvgIpc) is 3.18. The SMILES string of the molecule is O=C(c1cc(Cl)ccc1Cl)N1CCN(Cc2nc3c(s2)CCC3)CC1. The largest absolute Gasteiger partial charge is 0.336 e. The zero-order valence-corrected chi connectivity index (χ0v) is 16.1. The first-order chi connectivity index (χ1) is 12.1. The summed E-state index contributed by atoms with van der Waals surface area (Å²) in [5, 5.41) is 2.19. The van der Waals surface area contributed by atoms with Crippen LogP contribution in [0.4, 0.5) is 0 Å². The molecule has 0 saturated carbocycles. The fourth-order valence-corrected chi connectivity index (χ4v) is 5.01. The van der Waals surface area contributed by atoms with Crippen molar-refractivity contribution >= 4 is 40.4 Å². The number of halogens is 2. The Bertz CT molecular complexity index is 778. The molecule has 1 fully saturated rings. The number of rotatable bonds is 3. The Morgan fingerprint density at radius 2 is 1.96 bits per heavy atom. The molecular weight excluding hydrogens is 377 g/mol. The zero-order valence-electron chi connectivity index (χ0n) is 13.8. The summed E-state index contributed by atoms with van der Waals surface area (Å²) in [4.78, 5) is 23.2. The molecule has 7 heteroatoms. The molecule has 132 valence electrons. The van der Waals surface area contributed by atoms with Crippen LogP contribution in [0.1, 0.15) is 32.4 Å². The maximum Gasteiger partial charge on any atom is 0.255 e. The monoisotopic (exact) mass is 395 g/mol. The van der Waals surface area contributed by atoms with Crippen molar-refractivity contribution in [2.45, 2.75) is 25.8 Å². The predicted octanol–water partition coefficient (Wildman–Crippen LogP) is 3.90. The molecule has 0 radical (unpaired) electrons. The third kappa shape index (κ3) is 3.70. The summed E-state index contributed by atoms with van der Waals surface area (Å²) in [6, 6.07) is 5.02. The van der Waals surface area contributed by atoms with Gasteiger partial charge in [0.15, 0.2) is 0 Å². The second-order valence-corrected chi connectivity index (χ2v) is 8.54. The van der Waals surface area contributed by atoms with Crippen LogP contribution in [0.25, 0.3) is 0 Å². The van der Waals surface area contributed by atoms with Gasteiger partial charge in [-0.2, -0.15) is 0 Å². The number of benzene rings is 1. The number of aryl methyl sites for hydroxylation is 2. The molecule has 0 bridgehead atoms. The topological polar surface area (TPSA) is 36.4 Å². The van der Waals surface area contributed by atoms with Gasteiger partial charge in [0.2, 0.25) is 0 Å². The van der Waals surface area contributed by atoms with Crippen LogP contribution in [0.2, 0.25) is 10.0 Å². The molecule has 2 aliphatic rings. The molecular formula is C18H19Cl2N3OS. The van der Waals surface area contributed by atoms with Gasteiger partial charge in [-0.05, 0) is 37.5 Å². The van der Waals surface area contributed by atoms with Crippen molar-refractivity contribution < 1.29 is 4.79 Å². The van der Waals surface area contributed by atoms with Gasteiger partial charge >= 0.3 is 0 Å². The molecule has 1 aromatic carbocycles. The van der Waals surface area contributed by atoms with Crippen LogP contribution in [0.5, 0.6) is 0 Å². The summed E-state index contributed by atoms with van der Waals surface area (Å²) < 4.78 is 0. The van der Waals surface area contributed by atoms with E-state index in [1.54, 1.807) is 18.2 Å². The number of thiazole rings is 1. The van der Waals surface area contributed by atoms with Crippen LogP contribution in [0, 0.1) is 0 Å². The van der Waals surface area contributed by atoms with E-state index in [4.69, 9.17) is 28.2 Å². The number of amides is 1. The van der Waals surface area contributed by atoms with Gasteiger partial charge in [-0.25, -0.2) is 4.98 Å². The number of carbonyl (C=O) groups excluding carboxylic acids is 1. The summed E-state index contributed by atoms with van der Waals surface area (Å²) in [5.74, 6) is -0.0413. The van der Waals surface area contributed by atoms with Gasteiger partial charge in [-0.3, -0.25) is 9.69 Å². The summed E-state index contributed by atoms with van der Waals surface area (Å²) in [6.07, 6.45) is 3.57. The van der Waals surface area contributed by atoms with Crippen molar-refractivity contribution in [2.75, 3.05) is 26.2 Å². The lowest BCUT2D eigenvalue weighted by atomic mass is 10.2. The fraction of sp³-hybridized carbons (Fsp3) is 0.444. The van der Waals surface area contributed by atoms with Crippen molar-refractivity contribution in [1.82, 2.24) is 14.8 Å². The van der Waals surface area contributed by atoms with E-state index in [1.807, 2.05) is 16.2 Å². The number of carbonyl (C=O) groups is 1. The number of nitrogens with zero attached hydrogens (tertiary/aromatic N) is 3. The minimum absolute atomic E-state index is 0.0413. The van der Waals surface area contributed by atoms with Gasteiger partial charge in [0.1, 0.15) is 5.01 Å². The molecule has 1 aliphatic heterocycles. The van der Waals surface area contributed by atoms with Crippen LogP contribution in [0.15, 0.2) is 18.2 Å². The van der Waals surface area contributed by atoms with Crippen LogP contribution < -0.4 is 0 Å². The average molecular weight is 396 g/mol. The molecule has 0 atom stereocenters. The quantitative estimate of drug-likeness (QED) is 0.790. The smallest absolute Gasteiger partial charge is 0.255 e. The van der Waals surface area contributed by atoms with Crippen molar-refractivity contribution in [2.24, 2.45) is 0 Å². The molecule has 4 nitrogen and oxygen atoms in total. The lowest BCUT2D eigenvalue weighted by Gasteiger charge is -2.34. The third-order valence-electron chi connectivity index (χ3n) is 4.82. The predicted molar refractivity (Wildman–Crippen MR) is 102 cm³/mol. The van der Waals surface area contributed by atoms with Crippen molar-refractivity contribution in [1.29, 1.82) is 0 Å². The second kappa shape index (κ2) is 7.23. The van der Waals surface area contributed by atoms with E-state index in [0.717, 1.165) is 26.1 Å². The Morgan fingerprint density at radius 1 is 1.16 bits per heavy atom. The van der Waals surface area contributed by atoms with E-state index < -0.39 is 0 Å². The Labute approximate surface area is 161 Å². The van der Waals surface area contributed by atoms with E-state index in [-0.39, 0.29) is 5.91 Å². The number of hydrogen-bond donors (Lipinski definition) is 0. The summed E-state index contributed by atoms with van der Waals surface area (Å²) >= 11 is 14.0. The van der Waals surface area contributed by atoms with E-state index in [2.05, 4.69) is 4.90 Å². The third-order valence-corrected chi connectivity index (χ3v) is 6.52. The molecule has 1 aliphatic carbocycles. The number of hydrogen-bond acceptors (Lipinski definition) is 4. The first kappa shape index (κ1) is 17.3. The second-order valence-electron chi connectivity index (χ2n) is 6.52. The van der Waals surface area contributed by atoms with E-state index in [1.165, 1.54) is 28.4 Å². The standard InChI is InChI=1S/C18H19Cl2N3OS/c19-12-4-5-14(20)13(10-12)18(24)23-8-6-22(7-9-23)11-17-21-15-2-1-3-16(15)25-17/h4-5,10H,1-3,6-9,11H2. The van der Waals surface area contributed by atoms with Crippen LogP contribution in [0.3, 0.4) is 0 Å². The highest BCUT2D eigenvalue weighted by molar-refractivity contribution is 7.11. The van der Waals surface area contributed by atoms with Gasteiger partial charge in [-0.1, -0.05) is 23.2 Å². The lowest BCUT2D eigenvalue weighted by Crippen LogP contribution is -2.48. The van der Waals surface area contributed by atoms with Crippen molar-refractivity contribution in [3.63, 3.8) is 0 Å². The highest BCUT2D eigenvalue weighted by Crippen LogP contribution is 2.28. The Hall–Kier alpha value is -1.14. The number of fused-ring (bicyclic) bond motifs is 1. The van der Waals surface area contributed by atoms with Gasteiger partial charge < -0.3 is 4.90 Å². The van der Waals surface area contributed by atoms with E-state index >= 15 is 0 Å². The van der Waals surface area contributed by atoms with Gasteiger partial charge in [0.05, 0.1) is 22.8 Å². The minimum Gasteiger partial charge on any atom is -0.336 e. The molecule has 0 spiro atoms. The fourth-order valence-electron chi connectivity index (χ4n) is 3.44. The Kier molecular flexibility index (Phi) is 5.00. The Balaban J connectivity index is 1.36. The molecule has 0 unspecified atom stereocenters. The van der Waals surface area contributed by atoms with Crippen molar-refractivity contribution in [3.8, 4) is 0 Å². The molecule has 2 aromatic rings. The highest BCUT2D eigenvalue weighted by Gasteiger charge is 2.25. The molecule has 25 heavy (non-hydrogen) atoms. The van der Waals surface area contributed by atoms with E-state index in [9.17, 15) is 4.79 Å². The lowest BCUT2D eigenvalue weighted by molar-refractivity contribution is 0.0628. The molecule has 2 heterocycles. The minimum atomic E-state index is -0.0413. The summed E-state index contributed by atoms with van der Waals surface area (Å²) in [6.45, 7) is 4.00. The van der Waals surface area contributed by atoms with Crippen molar-refractivity contribution in [3.05, 3.63) is 49.4 Å². The highest BCUT2D eigenvalue weighted by atomic mass is 35.5. The summed E-state index contributed by atoms with van der Waals surface area (Å²) in [5.41, 5.74) is 1.79. The maximum absolute atomic E-state index is 12.7. The molecule has 1 saturated heterocycles. The van der Waals surface area contributed by atoms with Gasteiger partial charge in [0.25, 0.3) is 5.91 Å². The van der Waals surface area contributed by atoms with Crippen LogP contribution in [-0.2, 0) is 19.4 Å². The number of aromatic nitrogens is 1. The first-order valence-electron chi connectivity index (χ1n) is 8.54. The first-order valence-corrected chi connectivity index (χ1v) is 10.1. The van der Waals surface area contributed by atoms with Gasteiger partial charge in [0, 0.05) is 36.1 Å².